The van der Waals surface area contributed by atoms with Crippen molar-refractivity contribution < 1.29 is 32.2 Å². The van der Waals surface area contributed by atoms with E-state index < -0.39 is 48.4 Å². The lowest BCUT2D eigenvalue weighted by atomic mass is 9.85. The monoisotopic (exact) mass is 402 g/mol. The molecule has 0 heterocycles. The van der Waals surface area contributed by atoms with Crippen LogP contribution in [0.3, 0.4) is 0 Å². The van der Waals surface area contributed by atoms with Gasteiger partial charge in [-0.25, -0.2) is 0 Å². The Morgan fingerprint density at radius 2 is 1.54 bits per heavy atom. The Morgan fingerprint density at radius 1 is 0.964 bits per heavy atom. The molecular weight excluding hydrogens is 373 g/mol. The van der Waals surface area contributed by atoms with Gasteiger partial charge in [0.05, 0.1) is 11.8 Å². The van der Waals surface area contributed by atoms with E-state index in [-0.39, 0.29) is 13.0 Å². The third kappa shape index (κ3) is 9.24. The van der Waals surface area contributed by atoms with E-state index in [1.165, 1.54) is 0 Å². The van der Waals surface area contributed by atoms with Crippen molar-refractivity contribution in [2.45, 2.75) is 71.8 Å². The molecule has 0 aromatic heterocycles. The van der Waals surface area contributed by atoms with Crippen LogP contribution in [0.25, 0.3) is 0 Å². The minimum absolute atomic E-state index is 0.0602. The van der Waals surface area contributed by atoms with E-state index in [4.69, 9.17) is 9.47 Å². The molecule has 0 saturated carbocycles. The van der Waals surface area contributed by atoms with Crippen molar-refractivity contribution in [3.8, 4) is 0 Å². The van der Waals surface area contributed by atoms with Crippen molar-refractivity contribution in [1.29, 1.82) is 0 Å². The van der Waals surface area contributed by atoms with Gasteiger partial charge in [-0.15, -0.1) is 0 Å². The highest BCUT2D eigenvalue weighted by Gasteiger charge is 2.39. The SMILES string of the molecule is CCCC(C(=O)OC(C)(C)C)C(CCC(F)(F)F)C(=O)OCc1ccccc1. The van der Waals surface area contributed by atoms with Crippen molar-refractivity contribution in [3.63, 3.8) is 0 Å². The van der Waals surface area contributed by atoms with E-state index in [0.717, 1.165) is 5.56 Å². The maximum atomic E-state index is 12.8. The number of esters is 2. The summed E-state index contributed by atoms with van der Waals surface area (Å²) in [5.74, 6) is -3.66. The highest BCUT2D eigenvalue weighted by atomic mass is 19.4. The molecule has 0 aliphatic rings. The van der Waals surface area contributed by atoms with Crippen LogP contribution in [0, 0.1) is 11.8 Å². The molecule has 1 rings (SSSR count). The molecule has 1 aromatic rings. The fourth-order valence-electron chi connectivity index (χ4n) is 2.81. The third-order valence-corrected chi connectivity index (χ3v) is 4.06. The van der Waals surface area contributed by atoms with Crippen LogP contribution in [0.2, 0.25) is 0 Å². The molecule has 0 spiro atoms. The van der Waals surface area contributed by atoms with Gasteiger partial charge in [-0.1, -0.05) is 43.7 Å². The van der Waals surface area contributed by atoms with Crippen LogP contribution in [-0.2, 0) is 25.7 Å². The summed E-state index contributed by atoms with van der Waals surface area (Å²) in [7, 11) is 0. The predicted octanol–water partition coefficient (Wildman–Crippen LogP) is 5.45. The van der Waals surface area contributed by atoms with Crippen molar-refractivity contribution >= 4 is 11.9 Å². The van der Waals surface area contributed by atoms with E-state index in [9.17, 15) is 22.8 Å². The molecule has 0 aliphatic carbocycles. The topological polar surface area (TPSA) is 52.6 Å². The first-order valence-corrected chi connectivity index (χ1v) is 9.43. The van der Waals surface area contributed by atoms with Gasteiger partial charge in [-0.05, 0) is 39.2 Å². The zero-order valence-corrected chi connectivity index (χ0v) is 16.8. The first-order chi connectivity index (χ1) is 12.9. The lowest BCUT2D eigenvalue weighted by molar-refractivity contribution is -0.172. The molecule has 0 bridgehead atoms. The van der Waals surface area contributed by atoms with Gasteiger partial charge in [-0.2, -0.15) is 13.2 Å². The van der Waals surface area contributed by atoms with Gasteiger partial charge in [0, 0.05) is 6.42 Å². The van der Waals surface area contributed by atoms with Crippen molar-refractivity contribution in [2.75, 3.05) is 0 Å². The number of rotatable bonds is 9. The minimum Gasteiger partial charge on any atom is -0.461 e. The number of carbonyl (C=O) groups is 2. The first kappa shape index (κ1) is 24.0. The molecule has 2 atom stereocenters. The summed E-state index contributed by atoms with van der Waals surface area (Å²) in [5.41, 5.74) is -0.0827. The number of carbonyl (C=O) groups excluding carboxylic acids is 2. The van der Waals surface area contributed by atoms with Crippen LogP contribution in [0.4, 0.5) is 13.2 Å². The number of halogens is 3. The highest BCUT2D eigenvalue weighted by Crippen LogP contribution is 2.32. The average Bonchev–Trinajstić information content (AvgIpc) is 2.57. The van der Waals surface area contributed by atoms with Crippen LogP contribution in [-0.4, -0.2) is 23.7 Å². The molecule has 0 saturated heterocycles. The summed E-state index contributed by atoms with van der Waals surface area (Å²) < 4.78 is 48.9. The van der Waals surface area contributed by atoms with E-state index in [1.807, 2.05) is 0 Å². The molecule has 7 heteroatoms. The molecule has 28 heavy (non-hydrogen) atoms. The van der Waals surface area contributed by atoms with Gasteiger partial charge in [0.2, 0.25) is 0 Å². The predicted molar refractivity (Wildman–Crippen MR) is 99.3 cm³/mol. The molecular formula is C21H29F3O4. The van der Waals surface area contributed by atoms with Crippen LogP contribution >= 0.6 is 0 Å². The number of alkyl halides is 3. The van der Waals surface area contributed by atoms with Gasteiger partial charge in [-0.3, -0.25) is 9.59 Å². The Kier molecular flexibility index (Phi) is 8.98. The van der Waals surface area contributed by atoms with E-state index >= 15 is 0 Å². The van der Waals surface area contributed by atoms with Crippen LogP contribution in [0.15, 0.2) is 30.3 Å². The second-order valence-electron chi connectivity index (χ2n) is 7.78. The second kappa shape index (κ2) is 10.5. The summed E-state index contributed by atoms with van der Waals surface area (Å²) in [6, 6.07) is 8.83. The smallest absolute Gasteiger partial charge is 0.389 e. The van der Waals surface area contributed by atoms with E-state index in [0.29, 0.717) is 6.42 Å². The standard InChI is InChI=1S/C21H29F3O4/c1-5-9-16(19(26)28-20(2,3)4)17(12-13-21(22,23)24)18(25)27-14-15-10-7-6-8-11-15/h6-8,10-11,16-17H,5,9,12-14H2,1-4H3. The Balaban J connectivity index is 2.98. The number of hydrogen-bond acceptors (Lipinski definition) is 4. The summed E-state index contributed by atoms with van der Waals surface area (Å²) in [6.45, 7) is 6.76. The first-order valence-electron chi connectivity index (χ1n) is 9.43. The van der Waals surface area contributed by atoms with Crippen molar-refractivity contribution in [3.05, 3.63) is 35.9 Å². The normalized spacial score (nSPS) is 14.2. The molecule has 4 nitrogen and oxygen atoms in total. The molecule has 0 aliphatic heterocycles. The minimum atomic E-state index is -4.43. The fourth-order valence-corrected chi connectivity index (χ4v) is 2.81. The number of ether oxygens (including phenoxy) is 2. The second-order valence-corrected chi connectivity index (χ2v) is 7.78. The van der Waals surface area contributed by atoms with Gasteiger partial charge in [0.1, 0.15) is 12.2 Å². The third-order valence-electron chi connectivity index (χ3n) is 4.06. The quantitative estimate of drug-likeness (QED) is 0.516. The Bertz CT molecular complexity index is 621. The maximum Gasteiger partial charge on any atom is 0.389 e. The molecule has 0 radical (unpaired) electrons. The molecule has 0 fully saturated rings. The van der Waals surface area contributed by atoms with E-state index in [1.54, 1.807) is 58.0 Å². The lowest BCUT2D eigenvalue weighted by Gasteiger charge is -2.28. The number of benzene rings is 1. The summed E-state index contributed by atoms with van der Waals surface area (Å²) in [5, 5.41) is 0. The van der Waals surface area contributed by atoms with Crippen LogP contribution < -0.4 is 0 Å². The summed E-state index contributed by atoms with van der Waals surface area (Å²) in [4.78, 5) is 25.2. The molecule has 2 unspecified atom stereocenters. The molecule has 0 N–H and O–H groups in total. The largest absolute Gasteiger partial charge is 0.461 e. The Morgan fingerprint density at radius 3 is 2.04 bits per heavy atom. The maximum absolute atomic E-state index is 12.8. The van der Waals surface area contributed by atoms with Crippen LogP contribution in [0.5, 0.6) is 0 Å². The Hall–Kier alpha value is -2.05. The fraction of sp³-hybridized carbons (Fsp3) is 0.619. The van der Waals surface area contributed by atoms with Gasteiger partial charge < -0.3 is 9.47 Å². The lowest BCUT2D eigenvalue weighted by Crippen LogP contribution is -2.37. The van der Waals surface area contributed by atoms with E-state index in [2.05, 4.69) is 0 Å². The highest BCUT2D eigenvalue weighted by molar-refractivity contribution is 5.82. The van der Waals surface area contributed by atoms with Crippen LogP contribution in [0.1, 0.15) is 58.9 Å². The van der Waals surface area contributed by atoms with Crippen molar-refractivity contribution in [2.24, 2.45) is 11.8 Å². The molecule has 158 valence electrons. The summed E-state index contributed by atoms with van der Waals surface area (Å²) >= 11 is 0. The number of hydrogen-bond donors (Lipinski definition) is 0. The molecule has 0 amide bonds. The van der Waals surface area contributed by atoms with Gasteiger partial charge in [0.15, 0.2) is 0 Å². The Labute approximate surface area is 164 Å². The summed E-state index contributed by atoms with van der Waals surface area (Å²) in [6.07, 6.45) is -5.33. The average molecular weight is 402 g/mol. The van der Waals surface area contributed by atoms with Crippen molar-refractivity contribution in [1.82, 2.24) is 0 Å². The zero-order valence-electron chi connectivity index (χ0n) is 16.8. The van der Waals surface area contributed by atoms with Gasteiger partial charge >= 0.3 is 18.1 Å². The van der Waals surface area contributed by atoms with Gasteiger partial charge in [0.25, 0.3) is 0 Å². The molecule has 1 aromatic carbocycles. The zero-order chi connectivity index (χ0) is 21.4.